The maximum atomic E-state index is 14.2. The van der Waals surface area contributed by atoms with Crippen LogP contribution >= 0.6 is 0 Å². The molecule has 1 N–H and O–H groups in total. The molecule has 0 aliphatic carbocycles. The highest BCUT2D eigenvalue weighted by Gasteiger charge is 2.34. The van der Waals surface area contributed by atoms with Gasteiger partial charge in [-0.25, -0.2) is 8.42 Å². The summed E-state index contributed by atoms with van der Waals surface area (Å²) in [7, 11) is -2.71. The second-order valence-corrected chi connectivity index (χ2v) is 11.9. The van der Waals surface area contributed by atoms with Gasteiger partial charge in [-0.2, -0.15) is 0 Å². The largest absolute Gasteiger partial charge is 0.495 e. The lowest BCUT2D eigenvalue weighted by Gasteiger charge is -2.34. The number of anilines is 1. The van der Waals surface area contributed by atoms with Gasteiger partial charge in [-0.15, -0.1) is 0 Å². The Balaban J connectivity index is 2.06. The molecule has 0 aliphatic rings. The molecule has 0 radical (unpaired) electrons. The quantitative estimate of drug-likeness (QED) is 0.291. The first-order valence-corrected chi connectivity index (χ1v) is 15.4. The van der Waals surface area contributed by atoms with E-state index in [-0.39, 0.29) is 29.1 Å². The molecule has 0 unspecified atom stereocenters. The van der Waals surface area contributed by atoms with E-state index in [1.807, 2.05) is 64.1 Å². The van der Waals surface area contributed by atoms with E-state index in [0.717, 1.165) is 21.9 Å². The molecule has 0 heterocycles. The standard InChI is InChI=1S/C32H41N3O5S/c1-6-25(4)33-32(37)28(7-2)34(21-20-26-14-10-8-11-15-26)31(36)23-35(29-22-24(3)18-19-30(29)40-5)41(38,39)27-16-12-9-13-17-27/h8-19,22,25,28H,6-7,20-21,23H2,1-5H3,(H,33,37)/t25-,28+/m1/s1. The van der Waals surface area contributed by atoms with Crippen LogP contribution in [-0.2, 0) is 26.0 Å². The van der Waals surface area contributed by atoms with Gasteiger partial charge in [0.1, 0.15) is 18.3 Å². The molecule has 2 atom stereocenters. The van der Waals surface area contributed by atoms with Gasteiger partial charge < -0.3 is 15.0 Å². The Labute approximate surface area is 244 Å². The van der Waals surface area contributed by atoms with Gasteiger partial charge in [0, 0.05) is 12.6 Å². The first-order chi connectivity index (χ1) is 19.6. The SMILES string of the molecule is CC[C@@H](C)NC(=O)[C@H](CC)N(CCc1ccccc1)C(=O)CN(c1cc(C)ccc1OC)S(=O)(=O)c1ccccc1. The molecular weight excluding hydrogens is 538 g/mol. The molecule has 8 nitrogen and oxygen atoms in total. The van der Waals surface area contributed by atoms with Crippen molar-refractivity contribution in [2.75, 3.05) is 24.5 Å². The van der Waals surface area contributed by atoms with Crippen molar-refractivity contribution >= 4 is 27.5 Å². The van der Waals surface area contributed by atoms with E-state index in [1.165, 1.54) is 24.1 Å². The van der Waals surface area contributed by atoms with Crippen molar-refractivity contribution in [2.24, 2.45) is 0 Å². The maximum absolute atomic E-state index is 14.2. The molecule has 9 heteroatoms. The van der Waals surface area contributed by atoms with Gasteiger partial charge in [0.2, 0.25) is 11.8 Å². The predicted octanol–water partition coefficient (Wildman–Crippen LogP) is 4.96. The Bertz CT molecular complexity index is 1400. The minimum Gasteiger partial charge on any atom is -0.495 e. The van der Waals surface area contributed by atoms with Gasteiger partial charge in [-0.1, -0.05) is 68.4 Å². The molecule has 0 saturated heterocycles. The van der Waals surface area contributed by atoms with Crippen molar-refractivity contribution in [3.63, 3.8) is 0 Å². The van der Waals surface area contributed by atoms with Crippen LogP contribution in [0.25, 0.3) is 0 Å². The summed E-state index contributed by atoms with van der Waals surface area (Å²) in [6.07, 6.45) is 1.64. The Morgan fingerprint density at radius 2 is 1.56 bits per heavy atom. The second-order valence-electron chi connectivity index (χ2n) is 10.1. The predicted molar refractivity (Wildman–Crippen MR) is 163 cm³/mol. The maximum Gasteiger partial charge on any atom is 0.264 e. The van der Waals surface area contributed by atoms with Crippen LogP contribution in [0.2, 0.25) is 0 Å². The third-order valence-electron chi connectivity index (χ3n) is 7.08. The summed E-state index contributed by atoms with van der Waals surface area (Å²) in [5.41, 5.74) is 2.07. The van der Waals surface area contributed by atoms with Crippen molar-refractivity contribution < 1.29 is 22.7 Å². The zero-order chi connectivity index (χ0) is 30.0. The summed E-state index contributed by atoms with van der Waals surface area (Å²) >= 11 is 0. The smallest absolute Gasteiger partial charge is 0.264 e. The van der Waals surface area contributed by atoms with E-state index in [1.54, 1.807) is 30.3 Å². The minimum atomic E-state index is -4.17. The number of aryl methyl sites for hydroxylation is 1. The van der Waals surface area contributed by atoms with Crippen LogP contribution in [-0.4, -0.2) is 57.4 Å². The number of nitrogens with zero attached hydrogens (tertiary/aromatic N) is 2. The molecule has 220 valence electrons. The molecule has 41 heavy (non-hydrogen) atoms. The number of ether oxygens (including phenoxy) is 1. The third kappa shape index (κ3) is 8.10. The lowest BCUT2D eigenvalue weighted by molar-refractivity contribution is -0.139. The van der Waals surface area contributed by atoms with Gasteiger partial charge in [0.15, 0.2) is 0 Å². The summed E-state index contributed by atoms with van der Waals surface area (Å²) in [5.74, 6) is -0.413. The monoisotopic (exact) mass is 579 g/mol. The van der Waals surface area contributed by atoms with Gasteiger partial charge in [-0.3, -0.25) is 13.9 Å². The van der Waals surface area contributed by atoms with E-state index in [9.17, 15) is 18.0 Å². The van der Waals surface area contributed by atoms with Crippen LogP contribution in [0.1, 0.15) is 44.7 Å². The molecule has 0 aliphatic heterocycles. The number of rotatable bonds is 14. The first kappa shape index (κ1) is 31.7. The Morgan fingerprint density at radius 3 is 2.15 bits per heavy atom. The molecular formula is C32H41N3O5S. The van der Waals surface area contributed by atoms with Crippen LogP contribution < -0.4 is 14.4 Å². The third-order valence-corrected chi connectivity index (χ3v) is 8.86. The van der Waals surface area contributed by atoms with Crippen LogP contribution in [0.15, 0.2) is 83.8 Å². The number of methoxy groups -OCH3 is 1. The Hall–Kier alpha value is -3.85. The average Bonchev–Trinajstić information content (AvgIpc) is 2.98. The second kappa shape index (κ2) is 14.7. The molecule has 3 rings (SSSR count). The zero-order valence-corrected chi connectivity index (χ0v) is 25.4. The average molecular weight is 580 g/mol. The van der Waals surface area contributed by atoms with Gasteiger partial charge in [0.25, 0.3) is 10.0 Å². The van der Waals surface area contributed by atoms with Crippen molar-refractivity contribution in [3.8, 4) is 5.75 Å². The molecule has 0 bridgehead atoms. The fraction of sp³-hybridized carbons (Fsp3) is 0.375. The number of hydrogen-bond acceptors (Lipinski definition) is 5. The number of carbonyl (C=O) groups is 2. The number of amides is 2. The molecule has 2 amide bonds. The van der Waals surface area contributed by atoms with Crippen molar-refractivity contribution in [2.45, 2.75) is 63.9 Å². The highest BCUT2D eigenvalue weighted by atomic mass is 32.2. The number of carbonyl (C=O) groups excluding carboxylic acids is 2. The van der Waals surface area contributed by atoms with Crippen LogP contribution in [0.4, 0.5) is 5.69 Å². The van der Waals surface area contributed by atoms with Gasteiger partial charge in [0.05, 0.1) is 17.7 Å². The van der Waals surface area contributed by atoms with E-state index in [2.05, 4.69) is 5.32 Å². The van der Waals surface area contributed by atoms with Crippen LogP contribution in [0, 0.1) is 6.92 Å². The molecule has 3 aromatic rings. The number of benzene rings is 3. The zero-order valence-electron chi connectivity index (χ0n) is 24.5. The fourth-order valence-electron chi connectivity index (χ4n) is 4.56. The number of hydrogen-bond donors (Lipinski definition) is 1. The number of nitrogens with one attached hydrogen (secondary N) is 1. The van der Waals surface area contributed by atoms with Crippen molar-refractivity contribution in [3.05, 3.63) is 90.0 Å². The molecule has 3 aromatic carbocycles. The lowest BCUT2D eigenvalue weighted by atomic mass is 10.1. The van der Waals surface area contributed by atoms with E-state index in [4.69, 9.17) is 4.74 Å². The Kier molecular flexibility index (Phi) is 11.3. The topological polar surface area (TPSA) is 96.0 Å². The van der Waals surface area contributed by atoms with Gasteiger partial charge >= 0.3 is 0 Å². The molecule has 0 aromatic heterocycles. The van der Waals surface area contributed by atoms with Crippen molar-refractivity contribution in [1.82, 2.24) is 10.2 Å². The van der Waals surface area contributed by atoms with E-state index < -0.39 is 28.5 Å². The number of sulfonamides is 1. The highest BCUT2D eigenvalue weighted by molar-refractivity contribution is 7.92. The first-order valence-electron chi connectivity index (χ1n) is 14.0. The molecule has 0 fully saturated rings. The fourth-order valence-corrected chi connectivity index (χ4v) is 6.00. The van der Waals surface area contributed by atoms with E-state index >= 15 is 0 Å². The summed E-state index contributed by atoms with van der Waals surface area (Å²) in [6.45, 7) is 7.34. The van der Waals surface area contributed by atoms with Crippen molar-refractivity contribution in [1.29, 1.82) is 0 Å². The molecule has 0 spiro atoms. The molecule has 0 saturated carbocycles. The van der Waals surface area contributed by atoms with Gasteiger partial charge in [-0.05, 0) is 68.5 Å². The Morgan fingerprint density at radius 1 is 0.927 bits per heavy atom. The highest BCUT2D eigenvalue weighted by Crippen LogP contribution is 2.33. The normalized spacial score (nSPS) is 12.7. The summed E-state index contributed by atoms with van der Waals surface area (Å²) in [4.78, 5) is 29.1. The lowest BCUT2D eigenvalue weighted by Crippen LogP contribution is -2.54. The van der Waals surface area contributed by atoms with Crippen LogP contribution in [0.3, 0.4) is 0 Å². The summed E-state index contributed by atoms with van der Waals surface area (Å²) in [6, 6.07) is 22.1. The minimum absolute atomic E-state index is 0.0498. The summed E-state index contributed by atoms with van der Waals surface area (Å²) < 4.78 is 34.7. The van der Waals surface area contributed by atoms with Crippen LogP contribution in [0.5, 0.6) is 5.75 Å². The summed E-state index contributed by atoms with van der Waals surface area (Å²) in [5, 5.41) is 3.00. The van der Waals surface area contributed by atoms with E-state index in [0.29, 0.717) is 18.6 Å².